The van der Waals surface area contributed by atoms with Crippen LogP contribution < -0.4 is 5.32 Å². The Balaban J connectivity index is 2.10. The molecule has 1 aromatic rings. The van der Waals surface area contributed by atoms with Crippen LogP contribution in [-0.2, 0) is 6.42 Å². The first-order valence-corrected chi connectivity index (χ1v) is 5.53. The zero-order valence-corrected chi connectivity index (χ0v) is 9.75. The molecule has 1 fully saturated rings. The van der Waals surface area contributed by atoms with Crippen molar-refractivity contribution in [1.82, 2.24) is 14.9 Å². The summed E-state index contributed by atoms with van der Waals surface area (Å²) in [6.45, 7) is 4.18. The number of likely N-dealkylation sites (tertiary alicyclic amines) is 1. The second-order valence-electron chi connectivity index (χ2n) is 3.91. The average molecular weight is 227 g/mol. The highest BCUT2D eigenvalue weighted by molar-refractivity contribution is 6.30. The van der Waals surface area contributed by atoms with E-state index in [0.29, 0.717) is 11.2 Å². The van der Waals surface area contributed by atoms with Crippen LogP contribution in [-0.4, -0.2) is 41.0 Å². The minimum absolute atomic E-state index is 0.492. The standard InChI is InChI=1S/C10H15ClN4/c1-3-8-9(11)12-6-13-10(8)14-7-4-15(2)5-7/h6-7H,3-5H2,1-2H3,(H,12,13,14). The molecule has 0 aliphatic carbocycles. The predicted octanol–water partition coefficient (Wildman–Crippen LogP) is 1.42. The summed E-state index contributed by atoms with van der Waals surface area (Å²) in [5.41, 5.74) is 1.01. The van der Waals surface area contributed by atoms with Gasteiger partial charge in [0.2, 0.25) is 0 Å². The maximum absolute atomic E-state index is 6.00. The van der Waals surface area contributed by atoms with Gasteiger partial charge in [0.15, 0.2) is 0 Å². The van der Waals surface area contributed by atoms with Crippen LogP contribution in [0.25, 0.3) is 0 Å². The zero-order valence-electron chi connectivity index (χ0n) is 9.00. The molecule has 82 valence electrons. The van der Waals surface area contributed by atoms with Crippen molar-refractivity contribution in [3.8, 4) is 0 Å². The monoisotopic (exact) mass is 226 g/mol. The van der Waals surface area contributed by atoms with Gasteiger partial charge in [0.25, 0.3) is 0 Å². The van der Waals surface area contributed by atoms with Gasteiger partial charge in [0, 0.05) is 18.7 Å². The molecule has 1 aromatic heterocycles. The van der Waals surface area contributed by atoms with Gasteiger partial charge in [-0.3, -0.25) is 0 Å². The van der Waals surface area contributed by atoms with Crippen LogP contribution in [0, 0.1) is 0 Å². The van der Waals surface area contributed by atoms with Crippen LogP contribution >= 0.6 is 11.6 Å². The molecule has 0 unspecified atom stereocenters. The third-order valence-electron chi connectivity index (χ3n) is 2.65. The van der Waals surface area contributed by atoms with E-state index in [1.807, 2.05) is 0 Å². The predicted molar refractivity (Wildman–Crippen MR) is 61.3 cm³/mol. The fraction of sp³-hybridized carbons (Fsp3) is 0.600. The van der Waals surface area contributed by atoms with Gasteiger partial charge in [-0.15, -0.1) is 0 Å². The number of aromatic nitrogens is 2. The summed E-state index contributed by atoms with van der Waals surface area (Å²) >= 11 is 6.00. The summed E-state index contributed by atoms with van der Waals surface area (Å²) < 4.78 is 0. The van der Waals surface area contributed by atoms with Crippen molar-refractivity contribution in [2.24, 2.45) is 0 Å². The molecule has 1 aliphatic heterocycles. The SMILES string of the molecule is CCc1c(Cl)ncnc1NC1CN(C)C1. The van der Waals surface area contributed by atoms with Crippen LogP contribution in [0.3, 0.4) is 0 Å². The molecule has 0 spiro atoms. The number of likely N-dealkylation sites (N-methyl/N-ethyl adjacent to an activating group) is 1. The van der Waals surface area contributed by atoms with Gasteiger partial charge in [0.1, 0.15) is 17.3 Å². The Morgan fingerprint density at radius 1 is 1.53 bits per heavy atom. The summed E-state index contributed by atoms with van der Waals surface area (Å²) in [5.74, 6) is 0.885. The summed E-state index contributed by atoms with van der Waals surface area (Å²) in [4.78, 5) is 10.5. The Morgan fingerprint density at radius 2 is 2.27 bits per heavy atom. The zero-order chi connectivity index (χ0) is 10.8. The lowest BCUT2D eigenvalue weighted by Gasteiger charge is -2.37. The summed E-state index contributed by atoms with van der Waals surface area (Å²) in [7, 11) is 2.10. The van der Waals surface area contributed by atoms with E-state index in [1.54, 1.807) is 0 Å². The van der Waals surface area contributed by atoms with Crippen molar-refractivity contribution >= 4 is 17.4 Å². The molecule has 0 atom stereocenters. The molecule has 1 saturated heterocycles. The molecule has 0 radical (unpaired) electrons. The lowest BCUT2D eigenvalue weighted by Crippen LogP contribution is -2.52. The average Bonchev–Trinajstić information content (AvgIpc) is 2.16. The normalized spacial score (nSPS) is 17.5. The van der Waals surface area contributed by atoms with Crippen molar-refractivity contribution in [1.29, 1.82) is 0 Å². The van der Waals surface area contributed by atoms with E-state index in [9.17, 15) is 0 Å². The maximum atomic E-state index is 6.00. The van der Waals surface area contributed by atoms with Crippen LogP contribution in [0.2, 0.25) is 5.15 Å². The van der Waals surface area contributed by atoms with Crippen molar-refractivity contribution in [3.63, 3.8) is 0 Å². The molecule has 0 bridgehead atoms. The lowest BCUT2D eigenvalue weighted by molar-refractivity contribution is 0.205. The minimum Gasteiger partial charge on any atom is -0.364 e. The van der Waals surface area contributed by atoms with Crippen molar-refractivity contribution in [2.75, 3.05) is 25.5 Å². The van der Waals surface area contributed by atoms with Crippen molar-refractivity contribution in [2.45, 2.75) is 19.4 Å². The number of hydrogen-bond donors (Lipinski definition) is 1. The van der Waals surface area contributed by atoms with E-state index >= 15 is 0 Å². The molecule has 1 aliphatic rings. The summed E-state index contributed by atoms with van der Waals surface area (Å²) in [5, 5.41) is 3.95. The van der Waals surface area contributed by atoms with Gasteiger partial charge < -0.3 is 10.2 Å². The number of anilines is 1. The Kier molecular flexibility index (Phi) is 3.07. The highest BCUT2D eigenvalue weighted by atomic mass is 35.5. The van der Waals surface area contributed by atoms with Crippen molar-refractivity contribution < 1.29 is 0 Å². The Labute approximate surface area is 94.7 Å². The highest BCUT2D eigenvalue weighted by Crippen LogP contribution is 2.22. The molecule has 0 amide bonds. The van der Waals surface area contributed by atoms with Crippen LogP contribution in [0.15, 0.2) is 6.33 Å². The van der Waals surface area contributed by atoms with Crippen LogP contribution in [0.1, 0.15) is 12.5 Å². The first kappa shape index (κ1) is 10.6. The van der Waals surface area contributed by atoms with E-state index in [4.69, 9.17) is 11.6 Å². The summed E-state index contributed by atoms with van der Waals surface area (Å²) in [6.07, 6.45) is 2.36. The molecule has 4 nitrogen and oxygen atoms in total. The van der Waals surface area contributed by atoms with Crippen LogP contribution in [0.5, 0.6) is 0 Å². The quantitative estimate of drug-likeness (QED) is 0.792. The molecule has 2 heterocycles. The largest absolute Gasteiger partial charge is 0.364 e. The second kappa shape index (κ2) is 4.33. The molecular formula is C10H15ClN4. The van der Waals surface area contributed by atoms with Crippen molar-refractivity contribution in [3.05, 3.63) is 17.0 Å². The summed E-state index contributed by atoms with van der Waals surface area (Å²) in [6, 6.07) is 0.492. The van der Waals surface area contributed by atoms with Gasteiger partial charge in [-0.05, 0) is 13.5 Å². The van der Waals surface area contributed by atoms with Crippen LogP contribution in [0.4, 0.5) is 5.82 Å². The smallest absolute Gasteiger partial charge is 0.137 e. The van der Waals surface area contributed by atoms with Gasteiger partial charge in [-0.2, -0.15) is 0 Å². The number of nitrogens with one attached hydrogen (secondary N) is 1. The maximum Gasteiger partial charge on any atom is 0.137 e. The minimum atomic E-state index is 0.492. The van der Waals surface area contributed by atoms with E-state index in [-0.39, 0.29) is 0 Å². The number of nitrogens with zero attached hydrogens (tertiary/aromatic N) is 3. The van der Waals surface area contributed by atoms with E-state index < -0.39 is 0 Å². The number of rotatable bonds is 3. The topological polar surface area (TPSA) is 41.1 Å². The molecule has 0 aromatic carbocycles. The number of halogens is 1. The second-order valence-corrected chi connectivity index (χ2v) is 4.27. The van der Waals surface area contributed by atoms with Gasteiger partial charge >= 0.3 is 0 Å². The third-order valence-corrected chi connectivity index (χ3v) is 2.98. The lowest BCUT2D eigenvalue weighted by atomic mass is 10.1. The molecular weight excluding hydrogens is 212 g/mol. The molecule has 2 rings (SSSR count). The van der Waals surface area contributed by atoms with E-state index in [2.05, 4.69) is 34.2 Å². The first-order valence-electron chi connectivity index (χ1n) is 5.15. The Hall–Kier alpha value is -0.870. The third kappa shape index (κ3) is 2.21. The fourth-order valence-electron chi connectivity index (χ4n) is 1.81. The molecule has 5 heteroatoms. The Bertz CT molecular complexity index is 349. The Morgan fingerprint density at radius 3 is 2.87 bits per heavy atom. The molecule has 15 heavy (non-hydrogen) atoms. The number of hydrogen-bond acceptors (Lipinski definition) is 4. The molecule has 1 N–H and O–H groups in total. The first-order chi connectivity index (χ1) is 7.20. The fourth-order valence-corrected chi connectivity index (χ4v) is 2.08. The van der Waals surface area contributed by atoms with E-state index in [0.717, 1.165) is 30.9 Å². The van der Waals surface area contributed by atoms with Gasteiger partial charge in [-0.1, -0.05) is 18.5 Å². The highest BCUT2D eigenvalue weighted by Gasteiger charge is 2.24. The van der Waals surface area contributed by atoms with Gasteiger partial charge in [-0.25, -0.2) is 9.97 Å². The molecule has 0 saturated carbocycles. The van der Waals surface area contributed by atoms with E-state index in [1.165, 1.54) is 6.33 Å². The van der Waals surface area contributed by atoms with Gasteiger partial charge in [0.05, 0.1) is 6.04 Å².